The number of carbonyl (C=O) groups is 2. The maximum atomic E-state index is 12.3. The first-order chi connectivity index (χ1) is 11.5. The predicted octanol–water partition coefficient (Wildman–Crippen LogP) is 2.73. The molecule has 1 aromatic carbocycles. The van der Waals surface area contributed by atoms with Crippen molar-refractivity contribution in [1.82, 2.24) is 4.90 Å². The molecule has 0 aromatic heterocycles. The molecule has 5 nitrogen and oxygen atoms in total. The predicted molar refractivity (Wildman–Crippen MR) is 89.9 cm³/mol. The van der Waals surface area contributed by atoms with E-state index in [0.29, 0.717) is 19.5 Å². The molecular formula is C19H25NO4. The summed E-state index contributed by atoms with van der Waals surface area (Å²) in [7, 11) is 1.65. The van der Waals surface area contributed by atoms with Crippen molar-refractivity contribution in [2.75, 3.05) is 20.2 Å². The van der Waals surface area contributed by atoms with E-state index >= 15 is 0 Å². The van der Waals surface area contributed by atoms with Crippen LogP contribution in [0.5, 0.6) is 5.75 Å². The maximum absolute atomic E-state index is 12.3. The summed E-state index contributed by atoms with van der Waals surface area (Å²) in [5.74, 6) is 0.196. The minimum atomic E-state index is -0.672. The third-order valence-corrected chi connectivity index (χ3v) is 5.61. The molecule has 1 aliphatic carbocycles. The molecule has 1 saturated heterocycles. The molecule has 1 spiro atoms. The summed E-state index contributed by atoms with van der Waals surface area (Å²) in [6.07, 6.45) is 4.75. The zero-order valence-corrected chi connectivity index (χ0v) is 14.2. The minimum Gasteiger partial charge on any atom is -0.497 e. The Hall–Kier alpha value is -2.04. The van der Waals surface area contributed by atoms with Gasteiger partial charge in [0.05, 0.1) is 13.0 Å². The number of amides is 1. The third kappa shape index (κ3) is 3.55. The number of likely N-dealkylation sites (tertiary alicyclic amines) is 1. The van der Waals surface area contributed by atoms with E-state index < -0.39 is 5.97 Å². The topological polar surface area (TPSA) is 66.8 Å². The number of hydrogen-bond donors (Lipinski definition) is 1. The summed E-state index contributed by atoms with van der Waals surface area (Å²) in [5, 5.41) is 9.11. The molecule has 2 fully saturated rings. The summed E-state index contributed by atoms with van der Waals surface area (Å²) in [6.45, 7) is 1.43. The molecule has 1 aliphatic heterocycles. The Morgan fingerprint density at radius 3 is 2.46 bits per heavy atom. The van der Waals surface area contributed by atoms with Crippen LogP contribution in [0.15, 0.2) is 24.3 Å². The van der Waals surface area contributed by atoms with Crippen LogP contribution in [0.25, 0.3) is 0 Å². The number of carboxylic acids is 1. The molecule has 1 heterocycles. The Morgan fingerprint density at radius 2 is 1.92 bits per heavy atom. The molecule has 1 atom stereocenters. The van der Waals surface area contributed by atoms with Gasteiger partial charge in [0.25, 0.3) is 0 Å². The molecule has 1 amide bonds. The first-order valence-electron chi connectivity index (χ1n) is 8.68. The Labute approximate surface area is 142 Å². The molecule has 0 bridgehead atoms. The van der Waals surface area contributed by atoms with E-state index in [4.69, 9.17) is 9.84 Å². The fourth-order valence-electron chi connectivity index (χ4n) is 3.84. The normalized spacial score (nSPS) is 21.5. The molecular weight excluding hydrogens is 306 g/mol. The molecule has 24 heavy (non-hydrogen) atoms. The van der Waals surface area contributed by atoms with Crippen LogP contribution in [0.2, 0.25) is 0 Å². The fourth-order valence-corrected chi connectivity index (χ4v) is 3.84. The molecule has 1 aromatic rings. The number of piperidine rings is 1. The van der Waals surface area contributed by atoms with Crippen LogP contribution in [0.3, 0.4) is 0 Å². The van der Waals surface area contributed by atoms with E-state index in [-0.39, 0.29) is 17.2 Å². The van der Waals surface area contributed by atoms with Gasteiger partial charge in [0.2, 0.25) is 5.91 Å². The van der Waals surface area contributed by atoms with Gasteiger partial charge in [-0.15, -0.1) is 0 Å². The Kier molecular flexibility index (Phi) is 4.78. The van der Waals surface area contributed by atoms with Crippen LogP contribution in [-0.4, -0.2) is 42.1 Å². The van der Waals surface area contributed by atoms with Gasteiger partial charge in [-0.1, -0.05) is 12.1 Å². The molecule has 2 aliphatic rings. The minimum absolute atomic E-state index is 0.00823. The van der Waals surface area contributed by atoms with Crippen molar-refractivity contribution in [2.24, 2.45) is 11.3 Å². The number of aliphatic carboxylic acids is 1. The lowest BCUT2D eigenvalue weighted by atomic mass is 9.90. The van der Waals surface area contributed by atoms with E-state index in [1.165, 1.54) is 5.56 Å². The monoisotopic (exact) mass is 331 g/mol. The lowest BCUT2D eigenvalue weighted by Crippen LogP contribution is -2.39. The van der Waals surface area contributed by atoms with E-state index in [2.05, 4.69) is 0 Å². The average Bonchev–Trinajstić information content (AvgIpc) is 3.30. The first-order valence-corrected chi connectivity index (χ1v) is 8.68. The van der Waals surface area contributed by atoms with Crippen LogP contribution in [0, 0.1) is 11.3 Å². The summed E-state index contributed by atoms with van der Waals surface area (Å²) >= 11 is 0. The molecule has 0 radical (unpaired) electrons. The molecule has 1 N–H and O–H groups in total. The van der Waals surface area contributed by atoms with Crippen molar-refractivity contribution in [1.29, 1.82) is 0 Å². The van der Waals surface area contributed by atoms with Crippen molar-refractivity contribution < 1.29 is 19.4 Å². The number of methoxy groups -OCH3 is 1. The highest BCUT2D eigenvalue weighted by molar-refractivity contribution is 5.77. The van der Waals surface area contributed by atoms with E-state index in [1.807, 2.05) is 29.2 Å². The largest absolute Gasteiger partial charge is 0.497 e. The number of carboxylic acid groups (broad SMARTS) is 1. The van der Waals surface area contributed by atoms with E-state index in [0.717, 1.165) is 37.9 Å². The highest BCUT2D eigenvalue weighted by Crippen LogP contribution is 2.59. The number of aryl methyl sites for hydroxylation is 1. The second kappa shape index (κ2) is 6.83. The van der Waals surface area contributed by atoms with Crippen molar-refractivity contribution in [2.45, 2.75) is 38.5 Å². The molecule has 130 valence electrons. The van der Waals surface area contributed by atoms with E-state index in [9.17, 15) is 9.59 Å². The summed E-state index contributed by atoms with van der Waals surface area (Å²) in [4.78, 5) is 25.3. The zero-order chi connectivity index (χ0) is 17.2. The van der Waals surface area contributed by atoms with Crippen LogP contribution in [0.1, 0.15) is 37.7 Å². The smallest absolute Gasteiger partial charge is 0.307 e. The van der Waals surface area contributed by atoms with Crippen LogP contribution in [-0.2, 0) is 16.0 Å². The number of carbonyl (C=O) groups excluding carboxylic acids is 1. The highest BCUT2D eigenvalue weighted by Gasteiger charge is 2.59. The first kappa shape index (κ1) is 16.8. The second-order valence-electron chi connectivity index (χ2n) is 7.04. The number of nitrogens with zero attached hydrogens (tertiary/aromatic N) is 1. The fraction of sp³-hybridized carbons (Fsp3) is 0.579. The zero-order valence-electron chi connectivity index (χ0n) is 14.2. The Balaban J connectivity index is 1.39. The SMILES string of the molecule is COc1ccc(CCCC(=O)N2CCC3(CC2)CC3C(=O)O)cc1. The Bertz CT molecular complexity index is 602. The second-order valence-corrected chi connectivity index (χ2v) is 7.04. The van der Waals surface area contributed by atoms with E-state index in [1.54, 1.807) is 7.11 Å². The molecule has 1 saturated carbocycles. The third-order valence-electron chi connectivity index (χ3n) is 5.61. The van der Waals surface area contributed by atoms with Crippen LogP contribution >= 0.6 is 0 Å². The van der Waals surface area contributed by atoms with Gasteiger partial charge < -0.3 is 14.7 Å². The lowest BCUT2D eigenvalue weighted by molar-refractivity contribution is -0.139. The molecule has 1 unspecified atom stereocenters. The summed E-state index contributed by atoms with van der Waals surface area (Å²) in [6, 6.07) is 7.95. The van der Waals surface area contributed by atoms with Gasteiger partial charge in [-0.05, 0) is 55.2 Å². The van der Waals surface area contributed by atoms with Crippen LogP contribution < -0.4 is 4.74 Å². The van der Waals surface area contributed by atoms with Gasteiger partial charge in [0, 0.05) is 19.5 Å². The standard InChI is InChI=1S/C19H25NO4/c1-24-15-7-5-14(6-8-15)3-2-4-17(21)20-11-9-19(10-12-20)13-16(19)18(22)23/h5-8,16H,2-4,9-13H2,1H3,(H,22,23). The van der Waals surface area contributed by atoms with Gasteiger partial charge in [0.1, 0.15) is 5.75 Å². The quantitative estimate of drug-likeness (QED) is 0.870. The molecule has 5 heteroatoms. The van der Waals surface area contributed by atoms with Gasteiger partial charge in [-0.25, -0.2) is 0 Å². The summed E-state index contributed by atoms with van der Waals surface area (Å²) < 4.78 is 5.14. The highest BCUT2D eigenvalue weighted by atomic mass is 16.5. The van der Waals surface area contributed by atoms with Crippen LogP contribution in [0.4, 0.5) is 0 Å². The number of benzene rings is 1. The average molecular weight is 331 g/mol. The number of ether oxygens (including phenoxy) is 1. The Morgan fingerprint density at radius 1 is 1.25 bits per heavy atom. The summed E-state index contributed by atoms with van der Waals surface area (Å²) in [5.41, 5.74) is 1.20. The lowest BCUT2D eigenvalue weighted by Gasteiger charge is -2.32. The van der Waals surface area contributed by atoms with Crippen molar-refractivity contribution in [3.8, 4) is 5.75 Å². The van der Waals surface area contributed by atoms with Gasteiger partial charge >= 0.3 is 5.97 Å². The molecule has 3 rings (SSSR count). The number of rotatable bonds is 6. The van der Waals surface area contributed by atoms with Crippen molar-refractivity contribution in [3.05, 3.63) is 29.8 Å². The van der Waals surface area contributed by atoms with Crippen molar-refractivity contribution >= 4 is 11.9 Å². The van der Waals surface area contributed by atoms with Gasteiger partial charge in [0.15, 0.2) is 0 Å². The van der Waals surface area contributed by atoms with Gasteiger partial charge in [-0.3, -0.25) is 9.59 Å². The maximum Gasteiger partial charge on any atom is 0.307 e. The number of hydrogen-bond acceptors (Lipinski definition) is 3. The van der Waals surface area contributed by atoms with Gasteiger partial charge in [-0.2, -0.15) is 0 Å². The van der Waals surface area contributed by atoms with Crippen molar-refractivity contribution in [3.63, 3.8) is 0 Å².